The summed E-state index contributed by atoms with van der Waals surface area (Å²) in [7, 11) is 1.53. The van der Waals surface area contributed by atoms with Crippen LogP contribution in [0.2, 0.25) is 0 Å². The summed E-state index contributed by atoms with van der Waals surface area (Å²) >= 11 is 0. The smallest absolute Gasteiger partial charge is 0.254 e. The number of amides is 1. The van der Waals surface area contributed by atoms with Crippen molar-refractivity contribution in [3.63, 3.8) is 0 Å². The molecule has 0 bridgehead atoms. The molecule has 1 aliphatic heterocycles. The Morgan fingerprint density at radius 2 is 1.89 bits per heavy atom. The molecule has 1 amide bonds. The number of aryl methyl sites for hydroxylation is 1. The molecule has 1 saturated heterocycles. The minimum absolute atomic E-state index is 0.0419. The Morgan fingerprint density at radius 3 is 2.68 bits per heavy atom. The Bertz CT molecular complexity index is 1450. The number of aromatic hydroxyl groups is 1. The maximum atomic E-state index is 13.7. The summed E-state index contributed by atoms with van der Waals surface area (Å²) in [5.41, 5.74) is 4.00. The van der Waals surface area contributed by atoms with Crippen LogP contribution >= 0.6 is 0 Å². The van der Waals surface area contributed by atoms with E-state index < -0.39 is 5.60 Å². The summed E-state index contributed by atoms with van der Waals surface area (Å²) in [6.45, 7) is 0.606. The fourth-order valence-electron chi connectivity index (χ4n) is 6.54. The number of nitrogens with one attached hydrogen (secondary N) is 1. The highest BCUT2D eigenvalue weighted by Crippen LogP contribution is 2.46. The first-order valence-electron chi connectivity index (χ1n) is 13.0. The number of likely N-dealkylation sites (tertiary alicyclic amines) is 1. The maximum absolute atomic E-state index is 13.7. The zero-order valence-electron chi connectivity index (χ0n) is 21.0. The largest absolute Gasteiger partial charge is 0.504 e. The highest BCUT2D eigenvalue weighted by atomic mass is 16.5. The first-order valence-corrected chi connectivity index (χ1v) is 13.0. The molecular formula is C31H32N2O4. The SMILES string of the molecule is COc1ccc(CC[C@H]2N(C(=O)c3ccccc3)CCC3Cc4[nH]c5ccccc5c4CC32O)cc1O. The lowest BCUT2D eigenvalue weighted by Crippen LogP contribution is -2.65. The summed E-state index contributed by atoms with van der Waals surface area (Å²) in [4.78, 5) is 19.2. The van der Waals surface area contributed by atoms with Crippen LogP contribution in [0.25, 0.3) is 10.9 Å². The van der Waals surface area contributed by atoms with Gasteiger partial charge < -0.3 is 24.8 Å². The monoisotopic (exact) mass is 496 g/mol. The normalized spacial score (nSPS) is 22.9. The van der Waals surface area contributed by atoms with Crippen molar-refractivity contribution in [2.75, 3.05) is 13.7 Å². The molecular weight excluding hydrogens is 464 g/mol. The van der Waals surface area contributed by atoms with Crippen molar-refractivity contribution in [1.82, 2.24) is 9.88 Å². The van der Waals surface area contributed by atoms with E-state index in [0.717, 1.165) is 34.9 Å². The molecule has 6 rings (SSSR count). The number of methoxy groups -OCH3 is 1. The number of H-pyrrole nitrogens is 1. The predicted octanol–water partition coefficient (Wildman–Crippen LogP) is 4.88. The number of aromatic nitrogens is 1. The summed E-state index contributed by atoms with van der Waals surface area (Å²) in [6, 6.07) is 22.7. The Kier molecular flexibility index (Phi) is 5.92. The number of nitrogens with zero attached hydrogens (tertiary/aromatic N) is 1. The number of carbonyl (C=O) groups excluding carboxylic acids is 1. The van der Waals surface area contributed by atoms with Gasteiger partial charge in [0.05, 0.1) is 18.8 Å². The Hall–Kier alpha value is -3.77. The van der Waals surface area contributed by atoms with Crippen LogP contribution in [0.1, 0.15) is 40.0 Å². The summed E-state index contributed by atoms with van der Waals surface area (Å²) in [5, 5.41) is 23.9. The van der Waals surface area contributed by atoms with E-state index in [1.54, 1.807) is 12.1 Å². The number of carbonyl (C=O) groups is 1. The number of phenols is 1. The van der Waals surface area contributed by atoms with Gasteiger partial charge in [0, 0.05) is 35.1 Å². The number of piperidine rings is 1. The average molecular weight is 497 g/mol. The second-order valence-electron chi connectivity index (χ2n) is 10.4. The quantitative estimate of drug-likeness (QED) is 0.368. The Labute approximate surface area is 216 Å². The molecule has 2 heterocycles. The van der Waals surface area contributed by atoms with Gasteiger partial charge >= 0.3 is 0 Å². The van der Waals surface area contributed by atoms with Gasteiger partial charge in [-0.15, -0.1) is 0 Å². The maximum Gasteiger partial charge on any atom is 0.254 e. The molecule has 1 aliphatic carbocycles. The van der Waals surface area contributed by atoms with Gasteiger partial charge in [-0.2, -0.15) is 0 Å². The van der Waals surface area contributed by atoms with Crippen molar-refractivity contribution in [2.45, 2.75) is 43.7 Å². The zero-order chi connectivity index (χ0) is 25.6. The molecule has 1 fully saturated rings. The first-order chi connectivity index (χ1) is 18.0. The van der Waals surface area contributed by atoms with Gasteiger partial charge in [-0.25, -0.2) is 0 Å². The van der Waals surface area contributed by atoms with Crippen molar-refractivity contribution < 1.29 is 19.7 Å². The lowest BCUT2D eigenvalue weighted by Gasteiger charge is -2.53. The molecule has 2 aliphatic rings. The fraction of sp³-hybridized carbons (Fsp3) is 0.323. The summed E-state index contributed by atoms with van der Waals surface area (Å²) in [6.07, 6.45) is 3.25. The number of benzene rings is 3. The van der Waals surface area contributed by atoms with Crippen molar-refractivity contribution in [3.8, 4) is 11.5 Å². The van der Waals surface area contributed by atoms with E-state index in [2.05, 4.69) is 17.1 Å². The van der Waals surface area contributed by atoms with Crippen LogP contribution < -0.4 is 4.74 Å². The molecule has 3 aromatic carbocycles. The van der Waals surface area contributed by atoms with Crippen molar-refractivity contribution in [2.24, 2.45) is 5.92 Å². The highest BCUT2D eigenvalue weighted by molar-refractivity contribution is 5.94. The van der Waals surface area contributed by atoms with E-state index in [-0.39, 0.29) is 23.6 Å². The van der Waals surface area contributed by atoms with E-state index in [4.69, 9.17) is 4.74 Å². The number of aliphatic hydroxyl groups is 1. The van der Waals surface area contributed by atoms with Crippen LogP contribution in [0.4, 0.5) is 0 Å². The van der Waals surface area contributed by atoms with Crippen LogP contribution in [0.3, 0.4) is 0 Å². The minimum Gasteiger partial charge on any atom is -0.504 e. The first kappa shape index (κ1) is 23.6. The standard InChI is InChI=1S/C31H32N2O4/c1-37-28-13-11-20(17-27(28)34)12-14-29-31(36)19-24-23-9-5-6-10-25(23)32-26(24)18-22(31)15-16-33(29)30(35)21-7-3-2-4-8-21/h2-11,13,17,22,29,32,34,36H,12,14-16,18-19H2,1H3/t22?,29-,31?/m1/s1. The molecule has 190 valence electrons. The van der Waals surface area contributed by atoms with E-state index in [0.29, 0.717) is 37.1 Å². The van der Waals surface area contributed by atoms with Gasteiger partial charge in [0.1, 0.15) is 0 Å². The number of hydrogen-bond acceptors (Lipinski definition) is 4. The lowest BCUT2D eigenvalue weighted by atomic mass is 9.65. The summed E-state index contributed by atoms with van der Waals surface area (Å²) in [5.74, 6) is 0.542. The molecule has 4 aromatic rings. The van der Waals surface area contributed by atoms with E-state index in [1.165, 1.54) is 12.8 Å². The van der Waals surface area contributed by atoms with Gasteiger partial charge in [-0.05, 0) is 73.1 Å². The number of rotatable bonds is 5. The highest BCUT2D eigenvalue weighted by Gasteiger charge is 2.53. The second kappa shape index (κ2) is 9.27. The fourth-order valence-corrected chi connectivity index (χ4v) is 6.54. The van der Waals surface area contributed by atoms with E-state index >= 15 is 0 Å². The molecule has 6 heteroatoms. The third-order valence-corrected chi connectivity index (χ3v) is 8.42. The van der Waals surface area contributed by atoms with E-state index in [9.17, 15) is 15.0 Å². The van der Waals surface area contributed by atoms with Crippen molar-refractivity contribution in [3.05, 3.63) is 95.2 Å². The van der Waals surface area contributed by atoms with Gasteiger partial charge in [-0.1, -0.05) is 42.5 Å². The van der Waals surface area contributed by atoms with Crippen LogP contribution in [-0.2, 0) is 19.3 Å². The van der Waals surface area contributed by atoms with Crippen molar-refractivity contribution in [1.29, 1.82) is 0 Å². The number of phenolic OH excluding ortho intramolecular Hbond substituents is 1. The van der Waals surface area contributed by atoms with Crippen molar-refractivity contribution >= 4 is 16.8 Å². The summed E-state index contributed by atoms with van der Waals surface area (Å²) < 4.78 is 5.19. The molecule has 0 saturated carbocycles. The molecule has 2 unspecified atom stereocenters. The van der Waals surface area contributed by atoms with Gasteiger partial charge in [-0.3, -0.25) is 4.79 Å². The average Bonchev–Trinajstić information content (AvgIpc) is 3.27. The minimum atomic E-state index is -1.05. The van der Waals surface area contributed by atoms with Crippen LogP contribution in [0, 0.1) is 5.92 Å². The number of fused-ring (bicyclic) bond motifs is 4. The number of hydrogen-bond donors (Lipinski definition) is 3. The number of para-hydroxylation sites is 1. The molecule has 6 nitrogen and oxygen atoms in total. The molecule has 3 atom stereocenters. The second-order valence-corrected chi connectivity index (χ2v) is 10.4. The number of aromatic amines is 1. The molecule has 37 heavy (non-hydrogen) atoms. The van der Waals surface area contributed by atoms with Crippen LogP contribution in [0.15, 0.2) is 72.8 Å². The van der Waals surface area contributed by atoms with Crippen LogP contribution in [0.5, 0.6) is 11.5 Å². The molecule has 0 spiro atoms. The van der Waals surface area contributed by atoms with Crippen LogP contribution in [-0.4, -0.2) is 51.3 Å². The Morgan fingerprint density at radius 1 is 1.11 bits per heavy atom. The van der Waals surface area contributed by atoms with E-state index in [1.807, 2.05) is 53.4 Å². The zero-order valence-corrected chi connectivity index (χ0v) is 21.0. The van der Waals surface area contributed by atoms with Gasteiger partial charge in [0.2, 0.25) is 0 Å². The Balaban J connectivity index is 1.37. The lowest BCUT2D eigenvalue weighted by molar-refractivity contribution is -0.116. The van der Waals surface area contributed by atoms with Gasteiger partial charge in [0.25, 0.3) is 5.91 Å². The van der Waals surface area contributed by atoms with Gasteiger partial charge in [0.15, 0.2) is 11.5 Å². The number of ether oxygens (including phenoxy) is 1. The third-order valence-electron chi connectivity index (χ3n) is 8.42. The molecule has 0 radical (unpaired) electrons. The topological polar surface area (TPSA) is 85.8 Å². The molecule has 3 N–H and O–H groups in total. The third kappa shape index (κ3) is 4.05. The molecule has 1 aromatic heterocycles. The predicted molar refractivity (Wildman–Crippen MR) is 143 cm³/mol.